The summed E-state index contributed by atoms with van der Waals surface area (Å²) in [5, 5.41) is 3.99. The van der Waals surface area contributed by atoms with Crippen LogP contribution >= 0.6 is 11.3 Å². The summed E-state index contributed by atoms with van der Waals surface area (Å²) in [6, 6.07) is 4.53. The molecule has 2 aliphatic heterocycles. The number of hydrogen-bond acceptors (Lipinski definition) is 7. The summed E-state index contributed by atoms with van der Waals surface area (Å²) >= 11 is 1.92. The Kier molecular flexibility index (Phi) is 4.93. The third-order valence-electron chi connectivity index (χ3n) is 4.71. The summed E-state index contributed by atoms with van der Waals surface area (Å²) in [5.41, 5.74) is 0. The first-order valence-electron chi connectivity index (χ1n) is 8.70. The number of aryl methyl sites for hydroxylation is 1. The van der Waals surface area contributed by atoms with Gasteiger partial charge in [0, 0.05) is 56.0 Å². The summed E-state index contributed by atoms with van der Waals surface area (Å²) in [5.74, 6) is 1.43. The van der Waals surface area contributed by atoms with Crippen LogP contribution in [0.2, 0.25) is 0 Å². The fraction of sp³-hybridized carbons (Fsp3) is 0.647. The Morgan fingerprint density at radius 3 is 2.62 bits per heavy atom. The molecule has 0 N–H and O–H groups in total. The molecule has 6 nitrogen and oxygen atoms in total. The monoisotopic (exact) mass is 348 g/mol. The minimum atomic E-state index is 0.346. The van der Waals surface area contributed by atoms with E-state index >= 15 is 0 Å². The predicted molar refractivity (Wildman–Crippen MR) is 91.8 cm³/mol. The van der Waals surface area contributed by atoms with Crippen LogP contribution in [0.3, 0.4) is 0 Å². The van der Waals surface area contributed by atoms with E-state index in [9.17, 15) is 0 Å². The molecule has 2 aliphatic rings. The number of ether oxygens (including phenoxy) is 1. The number of thiophene rings is 1. The maximum absolute atomic E-state index is 5.79. The topological polar surface area (TPSA) is 54.6 Å². The molecule has 0 saturated carbocycles. The highest BCUT2D eigenvalue weighted by molar-refractivity contribution is 7.12. The molecule has 0 bridgehead atoms. The van der Waals surface area contributed by atoms with E-state index in [0.717, 1.165) is 51.7 Å². The van der Waals surface area contributed by atoms with Gasteiger partial charge in [-0.15, -0.1) is 11.3 Å². The van der Waals surface area contributed by atoms with E-state index in [1.165, 1.54) is 22.6 Å². The van der Waals surface area contributed by atoms with Crippen LogP contribution in [0.15, 0.2) is 16.7 Å². The van der Waals surface area contributed by atoms with Gasteiger partial charge in [0.25, 0.3) is 0 Å². The summed E-state index contributed by atoms with van der Waals surface area (Å²) < 4.78 is 10.8. The molecule has 2 saturated heterocycles. The molecule has 0 unspecified atom stereocenters. The smallest absolute Gasteiger partial charge is 0.223 e. The lowest BCUT2D eigenvalue weighted by Crippen LogP contribution is -2.45. The molecule has 0 spiro atoms. The average molecular weight is 348 g/mol. The summed E-state index contributed by atoms with van der Waals surface area (Å²) in [6.45, 7) is 8.86. The fourth-order valence-electron chi connectivity index (χ4n) is 3.39. The van der Waals surface area contributed by atoms with Gasteiger partial charge in [-0.3, -0.25) is 9.80 Å². The second-order valence-electron chi connectivity index (χ2n) is 6.59. The standard InChI is InChI=1S/C17H24N4O2S/c1-13-18-17(19-23-13)12-21-8-6-20(7-9-21)11-14-4-5-16(24-14)15-3-2-10-22-15/h4-5,15H,2-3,6-12H2,1H3/t15-/m1/s1. The molecule has 2 aromatic rings. The quantitative estimate of drug-likeness (QED) is 0.828. The van der Waals surface area contributed by atoms with Crippen molar-refractivity contribution in [3.8, 4) is 0 Å². The van der Waals surface area contributed by atoms with Gasteiger partial charge in [-0.2, -0.15) is 4.98 Å². The molecule has 130 valence electrons. The molecule has 0 amide bonds. The lowest BCUT2D eigenvalue weighted by molar-refractivity contribution is 0.114. The highest BCUT2D eigenvalue weighted by Crippen LogP contribution is 2.33. The minimum absolute atomic E-state index is 0.346. The normalized spacial score (nSPS) is 23.1. The third-order valence-corrected chi connectivity index (χ3v) is 5.87. The molecule has 7 heteroatoms. The van der Waals surface area contributed by atoms with Crippen molar-refractivity contribution < 1.29 is 9.26 Å². The maximum Gasteiger partial charge on any atom is 0.223 e. The molecule has 2 fully saturated rings. The molecular weight excluding hydrogens is 324 g/mol. The Morgan fingerprint density at radius 2 is 1.96 bits per heavy atom. The van der Waals surface area contributed by atoms with Gasteiger partial charge in [0.1, 0.15) is 0 Å². The van der Waals surface area contributed by atoms with Gasteiger partial charge in [0.05, 0.1) is 12.6 Å². The second kappa shape index (κ2) is 7.31. The van der Waals surface area contributed by atoms with Crippen LogP contribution in [0, 0.1) is 6.92 Å². The number of rotatable bonds is 5. The van der Waals surface area contributed by atoms with Crippen molar-refractivity contribution in [3.05, 3.63) is 33.6 Å². The van der Waals surface area contributed by atoms with Crippen molar-refractivity contribution in [3.63, 3.8) is 0 Å². The molecule has 0 aliphatic carbocycles. The predicted octanol–water partition coefficient (Wildman–Crippen LogP) is 2.61. The van der Waals surface area contributed by atoms with Crippen LogP contribution in [0.4, 0.5) is 0 Å². The first kappa shape index (κ1) is 16.2. The number of aromatic nitrogens is 2. The van der Waals surface area contributed by atoms with E-state index in [1.807, 2.05) is 18.3 Å². The lowest BCUT2D eigenvalue weighted by Gasteiger charge is -2.33. The van der Waals surface area contributed by atoms with Crippen molar-refractivity contribution in [2.45, 2.75) is 39.0 Å². The third kappa shape index (κ3) is 3.85. The zero-order chi connectivity index (χ0) is 16.4. The largest absolute Gasteiger partial charge is 0.373 e. The second-order valence-corrected chi connectivity index (χ2v) is 7.79. The van der Waals surface area contributed by atoms with Gasteiger partial charge in [0.2, 0.25) is 5.89 Å². The molecule has 4 heterocycles. The first-order valence-corrected chi connectivity index (χ1v) is 9.52. The Balaban J connectivity index is 1.25. The zero-order valence-electron chi connectivity index (χ0n) is 14.1. The van der Waals surface area contributed by atoms with Gasteiger partial charge >= 0.3 is 0 Å². The molecule has 1 atom stereocenters. The Morgan fingerprint density at radius 1 is 1.17 bits per heavy atom. The van der Waals surface area contributed by atoms with Crippen molar-refractivity contribution in [1.29, 1.82) is 0 Å². The molecular formula is C17H24N4O2S. The molecule has 2 aromatic heterocycles. The summed E-state index contributed by atoms with van der Waals surface area (Å²) in [6.07, 6.45) is 2.72. The van der Waals surface area contributed by atoms with Gasteiger partial charge in [-0.1, -0.05) is 5.16 Å². The van der Waals surface area contributed by atoms with E-state index in [4.69, 9.17) is 9.26 Å². The highest BCUT2D eigenvalue weighted by Gasteiger charge is 2.22. The van der Waals surface area contributed by atoms with Crippen LogP contribution in [0.25, 0.3) is 0 Å². The Labute approximate surface area is 146 Å². The number of piperazine rings is 1. The van der Waals surface area contributed by atoms with Crippen molar-refractivity contribution in [2.75, 3.05) is 32.8 Å². The lowest BCUT2D eigenvalue weighted by atomic mass is 10.2. The van der Waals surface area contributed by atoms with E-state index in [2.05, 4.69) is 32.1 Å². The Hall–Kier alpha value is -1.28. The van der Waals surface area contributed by atoms with Crippen LogP contribution < -0.4 is 0 Å². The van der Waals surface area contributed by atoms with E-state index < -0.39 is 0 Å². The molecule has 0 aromatic carbocycles. The van der Waals surface area contributed by atoms with Gasteiger partial charge in [-0.25, -0.2) is 0 Å². The van der Waals surface area contributed by atoms with Gasteiger partial charge in [0.15, 0.2) is 5.82 Å². The van der Waals surface area contributed by atoms with Crippen LogP contribution in [0.1, 0.15) is 40.4 Å². The number of hydrogen-bond donors (Lipinski definition) is 0. The fourth-order valence-corrected chi connectivity index (χ4v) is 4.53. The molecule has 0 radical (unpaired) electrons. The first-order chi connectivity index (χ1) is 11.8. The Bertz CT molecular complexity index is 657. The molecule has 24 heavy (non-hydrogen) atoms. The SMILES string of the molecule is Cc1nc(CN2CCN(Cc3ccc([C@H]4CCCO4)s3)CC2)no1. The number of nitrogens with zero attached hydrogens (tertiary/aromatic N) is 4. The van der Waals surface area contributed by atoms with Crippen molar-refractivity contribution >= 4 is 11.3 Å². The van der Waals surface area contributed by atoms with E-state index in [-0.39, 0.29) is 0 Å². The van der Waals surface area contributed by atoms with E-state index in [0.29, 0.717) is 12.0 Å². The van der Waals surface area contributed by atoms with Crippen molar-refractivity contribution in [1.82, 2.24) is 19.9 Å². The van der Waals surface area contributed by atoms with Crippen LogP contribution in [-0.4, -0.2) is 52.7 Å². The van der Waals surface area contributed by atoms with Crippen LogP contribution in [-0.2, 0) is 17.8 Å². The van der Waals surface area contributed by atoms with E-state index in [1.54, 1.807) is 0 Å². The zero-order valence-corrected chi connectivity index (χ0v) is 14.9. The highest BCUT2D eigenvalue weighted by atomic mass is 32.1. The van der Waals surface area contributed by atoms with Crippen molar-refractivity contribution in [2.24, 2.45) is 0 Å². The summed E-state index contributed by atoms with van der Waals surface area (Å²) in [4.78, 5) is 12.1. The summed E-state index contributed by atoms with van der Waals surface area (Å²) in [7, 11) is 0. The molecule has 4 rings (SSSR count). The van der Waals surface area contributed by atoms with Crippen LogP contribution in [0.5, 0.6) is 0 Å². The van der Waals surface area contributed by atoms with Gasteiger partial charge in [-0.05, 0) is 25.0 Å². The minimum Gasteiger partial charge on any atom is -0.373 e. The van der Waals surface area contributed by atoms with Gasteiger partial charge < -0.3 is 9.26 Å². The average Bonchev–Trinajstić information content (AvgIpc) is 3.31. The maximum atomic E-state index is 5.79.